The topological polar surface area (TPSA) is 21.3 Å². The van der Waals surface area contributed by atoms with Gasteiger partial charge < -0.3 is 10.1 Å². The van der Waals surface area contributed by atoms with E-state index in [1.165, 1.54) is 0 Å². The van der Waals surface area contributed by atoms with E-state index in [4.69, 9.17) is 16.3 Å². The van der Waals surface area contributed by atoms with Crippen molar-refractivity contribution in [2.45, 2.75) is 19.8 Å². The van der Waals surface area contributed by atoms with Crippen LogP contribution in [0.1, 0.15) is 18.9 Å². The fourth-order valence-corrected chi connectivity index (χ4v) is 1.96. The number of ether oxygens (including phenoxy) is 1. The molecular weight excluding hydrogens is 253 g/mol. The second kappa shape index (κ2) is 8.46. The molecule has 0 spiro atoms. The maximum Gasteiger partial charge on any atom is 0.144 e. The van der Waals surface area contributed by atoms with E-state index in [2.05, 4.69) is 12.2 Å². The van der Waals surface area contributed by atoms with Gasteiger partial charge in [-0.2, -0.15) is 0 Å². The lowest BCUT2D eigenvalue weighted by atomic mass is 10.0. The molecule has 1 rings (SSSR count). The minimum atomic E-state index is -0.279. The van der Waals surface area contributed by atoms with Crippen LogP contribution in [0, 0.1) is 11.7 Å². The van der Waals surface area contributed by atoms with Gasteiger partial charge in [0.05, 0.1) is 11.6 Å². The molecule has 0 heterocycles. The van der Waals surface area contributed by atoms with Crippen LogP contribution in [0.2, 0.25) is 5.02 Å². The zero-order valence-corrected chi connectivity index (χ0v) is 11.8. The summed E-state index contributed by atoms with van der Waals surface area (Å²) < 4.78 is 18.6. The van der Waals surface area contributed by atoms with Gasteiger partial charge in [0.25, 0.3) is 0 Å². The molecule has 0 amide bonds. The lowest BCUT2D eigenvalue weighted by Crippen LogP contribution is -2.25. The third-order valence-corrected chi connectivity index (χ3v) is 3.21. The summed E-state index contributed by atoms with van der Waals surface area (Å²) in [6.07, 6.45) is 1.66. The summed E-state index contributed by atoms with van der Waals surface area (Å²) in [7, 11) is 1.69. The first-order valence-corrected chi connectivity index (χ1v) is 6.65. The molecular formula is C14H21ClFNO. The predicted octanol–water partition coefficient (Wildman–Crippen LogP) is 3.28. The van der Waals surface area contributed by atoms with Crippen LogP contribution < -0.4 is 5.32 Å². The molecule has 0 bridgehead atoms. The molecule has 18 heavy (non-hydrogen) atoms. The van der Waals surface area contributed by atoms with Crippen LogP contribution in [0.4, 0.5) is 4.39 Å². The second-order valence-electron chi connectivity index (χ2n) is 4.55. The number of nitrogens with one attached hydrogen (secondary N) is 1. The molecule has 2 nitrogen and oxygen atoms in total. The highest BCUT2D eigenvalue weighted by Gasteiger charge is 2.08. The lowest BCUT2D eigenvalue weighted by Gasteiger charge is -2.13. The van der Waals surface area contributed by atoms with Gasteiger partial charge in [-0.25, -0.2) is 4.39 Å². The van der Waals surface area contributed by atoms with E-state index in [-0.39, 0.29) is 10.8 Å². The fraction of sp³-hybridized carbons (Fsp3) is 0.571. The summed E-state index contributed by atoms with van der Waals surface area (Å²) in [6, 6.07) is 5.17. The Labute approximate surface area is 113 Å². The van der Waals surface area contributed by atoms with Crippen molar-refractivity contribution < 1.29 is 9.13 Å². The van der Waals surface area contributed by atoms with Crippen molar-refractivity contribution in [1.29, 1.82) is 0 Å². The first-order valence-electron chi connectivity index (χ1n) is 6.27. The van der Waals surface area contributed by atoms with Crippen LogP contribution in [0.3, 0.4) is 0 Å². The van der Waals surface area contributed by atoms with E-state index < -0.39 is 0 Å². The van der Waals surface area contributed by atoms with Crippen LogP contribution in [0.5, 0.6) is 0 Å². The Hall–Kier alpha value is -0.640. The van der Waals surface area contributed by atoms with Gasteiger partial charge >= 0.3 is 0 Å². The molecule has 0 fully saturated rings. The molecule has 0 aliphatic rings. The van der Waals surface area contributed by atoms with Gasteiger partial charge in [-0.15, -0.1) is 0 Å². The van der Waals surface area contributed by atoms with Crippen molar-refractivity contribution in [1.82, 2.24) is 5.32 Å². The van der Waals surface area contributed by atoms with E-state index in [9.17, 15) is 4.39 Å². The van der Waals surface area contributed by atoms with E-state index in [1.807, 2.05) is 0 Å². The fourth-order valence-electron chi connectivity index (χ4n) is 1.77. The van der Waals surface area contributed by atoms with Gasteiger partial charge in [-0.1, -0.05) is 30.7 Å². The molecule has 0 saturated carbocycles. The molecule has 0 aliphatic carbocycles. The zero-order chi connectivity index (χ0) is 13.4. The molecule has 1 atom stereocenters. The van der Waals surface area contributed by atoms with Gasteiger partial charge in [-0.05, 0) is 36.9 Å². The number of hydrogen-bond acceptors (Lipinski definition) is 2. The first-order chi connectivity index (χ1) is 8.65. The van der Waals surface area contributed by atoms with E-state index in [0.29, 0.717) is 11.5 Å². The molecule has 0 aliphatic heterocycles. The van der Waals surface area contributed by atoms with Gasteiger partial charge in [0.1, 0.15) is 5.82 Å². The van der Waals surface area contributed by atoms with Crippen LogP contribution in [-0.4, -0.2) is 26.8 Å². The lowest BCUT2D eigenvalue weighted by molar-refractivity contribution is 0.198. The Balaban J connectivity index is 2.29. The minimum Gasteiger partial charge on any atom is -0.383 e. The van der Waals surface area contributed by atoms with Crippen molar-refractivity contribution in [3.63, 3.8) is 0 Å². The highest BCUT2D eigenvalue weighted by atomic mass is 35.5. The van der Waals surface area contributed by atoms with Crippen LogP contribution in [0.15, 0.2) is 18.2 Å². The van der Waals surface area contributed by atoms with Crippen LogP contribution in [-0.2, 0) is 11.2 Å². The molecule has 0 aromatic heterocycles. The number of methoxy groups -OCH3 is 1. The van der Waals surface area contributed by atoms with Crippen molar-refractivity contribution in [3.05, 3.63) is 34.6 Å². The van der Waals surface area contributed by atoms with Crippen molar-refractivity contribution in [2.24, 2.45) is 5.92 Å². The Morgan fingerprint density at radius 1 is 1.44 bits per heavy atom. The Morgan fingerprint density at radius 3 is 2.94 bits per heavy atom. The monoisotopic (exact) mass is 273 g/mol. The number of aryl methyl sites for hydroxylation is 1. The van der Waals surface area contributed by atoms with E-state index in [0.717, 1.165) is 32.5 Å². The average molecular weight is 274 g/mol. The maximum absolute atomic E-state index is 13.6. The molecule has 0 radical (unpaired) electrons. The second-order valence-corrected chi connectivity index (χ2v) is 4.96. The quantitative estimate of drug-likeness (QED) is 0.734. The highest BCUT2D eigenvalue weighted by molar-refractivity contribution is 6.30. The number of hydrogen-bond donors (Lipinski definition) is 1. The van der Waals surface area contributed by atoms with Crippen LogP contribution >= 0.6 is 11.6 Å². The Bertz CT molecular complexity index is 360. The summed E-state index contributed by atoms with van der Waals surface area (Å²) in [5.41, 5.74) is 0.700. The van der Waals surface area contributed by atoms with Gasteiger partial charge in [0.15, 0.2) is 0 Å². The molecule has 1 aromatic carbocycles. The van der Waals surface area contributed by atoms with Crippen molar-refractivity contribution in [2.75, 3.05) is 26.8 Å². The van der Waals surface area contributed by atoms with Gasteiger partial charge in [0.2, 0.25) is 0 Å². The van der Waals surface area contributed by atoms with Crippen LogP contribution in [0.25, 0.3) is 0 Å². The summed E-state index contributed by atoms with van der Waals surface area (Å²) in [5.74, 6) is 0.221. The van der Waals surface area contributed by atoms with Gasteiger partial charge in [-0.3, -0.25) is 0 Å². The number of halogens is 2. The molecule has 4 heteroatoms. The first kappa shape index (κ1) is 15.4. The van der Waals surface area contributed by atoms with Gasteiger partial charge in [0, 0.05) is 13.7 Å². The van der Waals surface area contributed by atoms with E-state index >= 15 is 0 Å². The standard InChI is InChI=1S/C14H21ClFNO/c1-11(10-17-8-9-18-2)6-7-12-4-3-5-13(15)14(12)16/h3-5,11,17H,6-10H2,1-2H3. The third-order valence-electron chi connectivity index (χ3n) is 2.91. The third kappa shape index (κ3) is 5.34. The molecule has 0 saturated heterocycles. The summed E-state index contributed by atoms with van der Waals surface area (Å²) in [6.45, 7) is 4.65. The smallest absolute Gasteiger partial charge is 0.144 e. The molecule has 1 aromatic rings. The Morgan fingerprint density at radius 2 is 2.22 bits per heavy atom. The predicted molar refractivity (Wildman–Crippen MR) is 73.6 cm³/mol. The summed E-state index contributed by atoms with van der Waals surface area (Å²) >= 11 is 5.75. The van der Waals surface area contributed by atoms with Crippen molar-refractivity contribution in [3.8, 4) is 0 Å². The normalized spacial score (nSPS) is 12.7. The number of benzene rings is 1. The molecule has 1 unspecified atom stereocenters. The largest absolute Gasteiger partial charge is 0.383 e. The SMILES string of the molecule is COCCNCC(C)CCc1cccc(Cl)c1F. The maximum atomic E-state index is 13.6. The van der Waals surface area contributed by atoms with E-state index in [1.54, 1.807) is 25.3 Å². The minimum absolute atomic E-state index is 0.207. The van der Waals surface area contributed by atoms with Crippen molar-refractivity contribution >= 4 is 11.6 Å². The summed E-state index contributed by atoms with van der Waals surface area (Å²) in [5, 5.41) is 3.51. The molecule has 1 N–H and O–H groups in total. The molecule has 102 valence electrons. The summed E-state index contributed by atoms with van der Waals surface area (Å²) in [4.78, 5) is 0. The Kier molecular flexibility index (Phi) is 7.25. The zero-order valence-electron chi connectivity index (χ0n) is 11.0. The highest BCUT2D eigenvalue weighted by Crippen LogP contribution is 2.20. The number of rotatable bonds is 8. The average Bonchev–Trinajstić information content (AvgIpc) is 2.36.